The van der Waals surface area contributed by atoms with Gasteiger partial charge in [0.2, 0.25) is 0 Å². The normalized spacial score (nSPS) is 29.4. The minimum absolute atomic E-state index is 0.0125. The lowest BCUT2D eigenvalue weighted by Crippen LogP contribution is -2.44. The van der Waals surface area contributed by atoms with Gasteiger partial charge in [0.25, 0.3) is 0 Å². The summed E-state index contributed by atoms with van der Waals surface area (Å²) in [5, 5.41) is 0. The Morgan fingerprint density at radius 2 is 2.05 bits per heavy atom. The van der Waals surface area contributed by atoms with Crippen LogP contribution in [0.3, 0.4) is 0 Å². The highest BCUT2D eigenvalue weighted by Gasteiger charge is 2.48. The molecule has 0 aromatic heterocycles. The SMILES string of the molecule is C=C(C)C(=O)OC1(C2CCC(COC)O2)CCCC1. The van der Waals surface area contributed by atoms with Crippen LogP contribution in [-0.2, 0) is 19.0 Å². The molecule has 4 heteroatoms. The molecule has 2 fully saturated rings. The predicted octanol–water partition coefficient (Wildman–Crippen LogP) is 2.61. The molecular formula is C15H24O4. The van der Waals surface area contributed by atoms with E-state index in [1.165, 1.54) is 0 Å². The van der Waals surface area contributed by atoms with Gasteiger partial charge < -0.3 is 14.2 Å². The first-order valence-electron chi connectivity index (χ1n) is 7.10. The Morgan fingerprint density at radius 3 is 2.63 bits per heavy atom. The van der Waals surface area contributed by atoms with Crippen LogP contribution < -0.4 is 0 Å². The number of hydrogen-bond acceptors (Lipinski definition) is 4. The highest BCUT2D eigenvalue weighted by Crippen LogP contribution is 2.42. The number of carbonyl (C=O) groups is 1. The van der Waals surface area contributed by atoms with E-state index in [1.54, 1.807) is 14.0 Å². The number of ether oxygens (including phenoxy) is 3. The van der Waals surface area contributed by atoms with Crippen LogP contribution in [0.5, 0.6) is 0 Å². The summed E-state index contributed by atoms with van der Waals surface area (Å²) in [5.74, 6) is -0.291. The third kappa shape index (κ3) is 3.18. The lowest BCUT2D eigenvalue weighted by molar-refractivity contribution is -0.173. The summed E-state index contributed by atoms with van der Waals surface area (Å²) in [6.07, 6.45) is 6.06. The van der Waals surface area contributed by atoms with Crippen LogP contribution in [0.15, 0.2) is 12.2 Å². The van der Waals surface area contributed by atoms with E-state index in [4.69, 9.17) is 14.2 Å². The molecule has 1 saturated heterocycles. The van der Waals surface area contributed by atoms with Crippen molar-refractivity contribution in [2.75, 3.05) is 13.7 Å². The molecule has 0 amide bonds. The van der Waals surface area contributed by atoms with Crippen LogP contribution in [-0.4, -0.2) is 37.5 Å². The molecule has 1 aliphatic carbocycles. The van der Waals surface area contributed by atoms with Crippen molar-refractivity contribution in [3.63, 3.8) is 0 Å². The zero-order chi connectivity index (χ0) is 13.9. The van der Waals surface area contributed by atoms with E-state index in [2.05, 4.69) is 6.58 Å². The van der Waals surface area contributed by atoms with Crippen molar-refractivity contribution in [1.29, 1.82) is 0 Å². The summed E-state index contributed by atoms with van der Waals surface area (Å²) < 4.78 is 16.9. The van der Waals surface area contributed by atoms with Gasteiger partial charge >= 0.3 is 5.97 Å². The summed E-state index contributed by atoms with van der Waals surface area (Å²) in [6, 6.07) is 0. The van der Waals surface area contributed by atoms with Gasteiger partial charge in [-0.25, -0.2) is 4.79 Å². The van der Waals surface area contributed by atoms with Gasteiger partial charge in [0, 0.05) is 12.7 Å². The standard InChI is InChI=1S/C15H24O4/c1-11(2)14(16)19-15(8-4-5-9-15)13-7-6-12(18-13)10-17-3/h12-13H,1,4-10H2,2-3H3. The molecule has 1 aliphatic heterocycles. The molecule has 19 heavy (non-hydrogen) atoms. The highest BCUT2D eigenvalue weighted by molar-refractivity contribution is 5.87. The second-order valence-corrected chi connectivity index (χ2v) is 5.72. The highest BCUT2D eigenvalue weighted by atomic mass is 16.6. The van der Waals surface area contributed by atoms with E-state index in [0.29, 0.717) is 12.2 Å². The van der Waals surface area contributed by atoms with Crippen LogP contribution in [0.4, 0.5) is 0 Å². The van der Waals surface area contributed by atoms with Gasteiger partial charge in [-0.1, -0.05) is 6.58 Å². The first-order chi connectivity index (χ1) is 9.07. The molecular weight excluding hydrogens is 244 g/mol. The number of methoxy groups -OCH3 is 1. The van der Waals surface area contributed by atoms with Crippen molar-refractivity contribution >= 4 is 5.97 Å². The van der Waals surface area contributed by atoms with Crippen LogP contribution in [0.2, 0.25) is 0 Å². The minimum atomic E-state index is -0.432. The fourth-order valence-corrected chi connectivity index (χ4v) is 3.14. The average Bonchev–Trinajstić information content (AvgIpc) is 2.99. The van der Waals surface area contributed by atoms with E-state index in [9.17, 15) is 4.79 Å². The van der Waals surface area contributed by atoms with E-state index in [-0.39, 0.29) is 18.2 Å². The van der Waals surface area contributed by atoms with Crippen molar-refractivity contribution in [2.24, 2.45) is 0 Å². The van der Waals surface area contributed by atoms with Crippen LogP contribution >= 0.6 is 0 Å². The van der Waals surface area contributed by atoms with E-state index >= 15 is 0 Å². The van der Waals surface area contributed by atoms with Crippen molar-refractivity contribution in [2.45, 2.75) is 63.3 Å². The van der Waals surface area contributed by atoms with Crippen molar-refractivity contribution in [3.8, 4) is 0 Å². The third-order valence-electron chi connectivity index (χ3n) is 4.14. The molecule has 0 radical (unpaired) electrons. The Morgan fingerprint density at radius 1 is 1.37 bits per heavy atom. The monoisotopic (exact) mass is 268 g/mol. The number of rotatable bonds is 5. The van der Waals surface area contributed by atoms with Crippen LogP contribution in [0.1, 0.15) is 45.4 Å². The van der Waals surface area contributed by atoms with Crippen molar-refractivity contribution in [3.05, 3.63) is 12.2 Å². The lowest BCUT2D eigenvalue weighted by atomic mass is 9.92. The molecule has 2 rings (SSSR count). The molecule has 0 aromatic rings. The zero-order valence-electron chi connectivity index (χ0n) is 11.9. The number of carbonyl (C=O) groups excluding carboxylic acids is 1. The summed E-state index contributed by atoms with van der Waals surface area (Å²) in [7, 11) is 1.68. The maximum atomic E-state index is 11.9. The topological polar surface area (TPSA) is 44.8 Å². The summed E-state index contributed by atoms with van der Waals surface area (Å²) in [5.41, 5.74) is 0.0242. The zero-order valence-corrected chi connectivity index (χ0v) is 11.9. The molecule has 0 N–H and O–H groups in total. The molecule has 0 bridgehead atoms. The average molecular weight is 268 g/mol. The second-order valence-electron chi connectivity index (χ2n) is 5.72. The fourth-order valence-electron chi connectivity index (χ4n) is 3.14. The van der Waals surface area contributed by atoms with Crippen molar-refractivity contribution < 1.29 is 19.0 Å². The van der Waals surface area contributed by atoms with Gasteiger partial charge in [0.05, 0.1) is 18.8 Å². The third-order valence-corrected chi connectivity index (χ3v) is 4.14. The molecule has 4 nitrogen and oxygen atoms in total. The smallest absolute Gasteiger partial charge is 0.333 e. The van der Waals surface area contributed by atoms with Gasteiger partial charge in [0.1, 0.15) is 5.60 Å². The Hall–Kier alpha value is -0.870. The van der Waals surface area contributed by atoms with Crippen LogP contribution in [0, 0.1) is 0 Å². The summed E-state index contributed by atoms with van der Waals surface area (Å²) >= 11 is 0. The molecule has 1 saturated carbocycles. The summed E-state index contributed by atoms with van der Waals surface area (Å²) in [4.78, 5) is 11.9. The Bertz CT molecular complexity index is 344. The Kier molecular flexibility index (Phi) is 4.63. The van der Waals surface area contributed by atoms with Gasteiger partial charge in [0.15, 0.2) is 0 Å². The largest absolute Gasteiger partial charge is 0.453 e. The summed E-state index contributed by atoms with van der Waals surface area (Å²) in [6.45, 7) is 5.96. The van der Waals surface area contributed by atoms with Gasteiger partial charge in [-0.05, 0) is 45.4 Å². The Labute approximate surface area is 115 Å². The van der Waals surface area contributed by atoms with E-state index in [1.807, 2.05) is 0 Å². The first-order valence-corrected chi connectivity index (χ1v) is 7.10. The molecule has 0 spiro atoms. The van der Waals surface area contributed by atoms with E-state index in [0.717, 1.165) is 38.5 Å². The minimum Gasteiger partial charge on any atom is -0.453 e. The predicted molar refractivity (Wildman–Crippen MR) is 71.9 cm³/mol. The molecule has 1 heterocycles. The lowest BCUT2D eigenvalue weighted by Gasteiger charge is -2.34. The molecule has 108 valence electrons. The number of hydrogen-bond donors (Lipinski definition) is 0. The maximum Gasteiger partial charge on any atom is 0.333 e. The van der Waals surface area contributed by atoms with Crippen molar-refractivity contribution in [1.82, 2.24) is 0 Å². The molecule has 2 aliphatic rings. The van der Waals surface area contributed by atoms with Crippen LogP contribution in [0.25, 0.3) is 0 Å². The Balaban J connectivity index is 2.03. The van der Waals surface area contributed by atoms with E-state index < -0.39 is 5.60 Å². The molecule has 2 unspecified atom stereocenters. The molecule has 2 atom stereocenters. The van der Waals surface area contributed by atoms with Gasteiger partial charge in [-0.15, -0.1) is 0 Å². The van der Waals surface area contributed by atoms with Gasteiger partial charge in [-0.2, -0.15) is 0 Å². The molecule has 0 aromatic carbocycles. The fraction of sp³-hybridized carbons (Fsp3) is 0.800. The van der Waals surface area contributed by atoms with Gasteiger partial charge in [-0.3, -0.25) is 0 Å². The quantitative estimate of drug-likeness (QED) is 0.568. The first kappa shape index (κ1) is 14.5. The number of esters is 1. The maximum absolute atomic E-state index is 11.9. The second kappa shape index (κ2) is 6.06.